The molecule has 2 N–H and O–H groups in total. The summed E-state index contributed by atoms with van der Waals surface area (Å²) in [6.07, 6.45) is 2.80. The van der Waals surface area contributed by atoms with Crippen molar-refractivity contribution < 1.29 is 13.2 Å². The average Bonchev–Trinajstić information content (AvgIpc) is 2.89. The molecule has 5 nitrogen and oxygen atoms in total. The van der Waals surface area contributed by atoms with Crippen LogP contribution in [0.15, 0.2) is 47.5 Å². The van der Waals surface area contributed by atoms with Crippen molar-refractivity contribution in [2.75, 3.05) is 6.26 Å². The van der Waals surface area contributed by atoms with Gasteiger partial charge in [-0.25, -0.2) is 8.42 Å². The van der Waals surface area contributed by atoms with Gasteiger partial charge in [0, 0.05) is 19.0 Å². The predicted molar refractivity (Wildman–Crippen MR) is 71.5 cm³/mol. The Kier molecular flexibility index (Phi) is 3.71. The molecule has 0 aliphatic heterocycles. The van der Waals surface area contributed by atoms with Crippen LogP contribution in [0, 0.1) is 0 Å². The first-order chi connectivity index (χ1) is 8.98. The van der Waals surface area contributed by atoms with E-state index in [2.05, 4.69) is 10.3 Å². The fraction of sp³-hybridized carbons (Fsp3) is 0.154. The largest absolute Gasteiger partial charge is 0.357 e. The molecule has 100 valence electrons. The fourth-order valence-corrected chi connectivity index (χ4v) is 2.70. The summed E-state index contributed by atoms with van der Waals surface area (Å²) in [6, 6.07) is 9.99. The van der Waals surface area contributed by atoms with E-state index in [1.807, 2.05) is 0 Å². The van der Waals surface area contributed by atoms with Gasteiger partial charge < -0.3 is 10.3 Å². The van der Waals surface area contributed by atoms with Crippen LogP contribution < -0.4 is 5.32 Å². The van der Waals surface area contributed by atoms with Crippen molar-refractivity contribution in [1.82, 2.24) is 10.3 Å². The maximum atomic E-state index is 11.7. The molecule has 0 atom stereocenters. The van der Waals surface area contributed by atoms with Gasteiger partial charge in [0.2, 0.25) is 0 Å². The Balaban J connectivity index is 2.15. The van der Waals surface area contributed by atoms with Crippen molar-refractivity contribution in [2.24, 2.45) is 0 Å². The summed E-state index contributed by atoms with van der Waals surface area (Å²) in [5.74, 6) is -0.270. The van der Waals surface area contributed by atoms with Crippen molar-refractivity contribution in [3.63, 3.8) is 0 Å². The number of aromatic nitrogens is 1. The van der Waals surface area contributed by atoms with E-state index in [-0.39, 0.29) is 17.3 Å². The van der Waals surface area contributed by atoms with E-state index in [0.717, 1.165) is 6.26 Å². The number of aromatic amines is 1. The summed E-state index contributed by atoms with van der Waals surface area (Å²) in [6.45, 7) is 0.168. The van der Waals surface area contributed by atoms with Gasteiger partial charge >= 0.3 is 0 Å². The van der Waals surface area contributed by atoms with Crippen molar-refractivity contribution in [2.45, 2.75) is 11.4 Å². The second-order valence-electron chi connectivity index (χ2n) is 4.15. The van der Waals surface area contributed by atoms with Crippen LogP contribution in [0.5, 0.6) is 0 Å². The van der Waals surface area contributed by atoms with Gasteiger partial charge in [-0.2, -0.15) is 0 Å². The molecule has 1 aromatic carbocycles. The molecule has 19 heavy (non-hydrogen) atoms. The monoisotopic (exact) mass is 278 g/mol. The number of carbonyl (C=O) groups is 1. The number of hydrogen-bond donors (Lipinski definition) is 2. The summed E-state index contributed by atoms with van der Waals surface area (Å²) in [7, 11) is -3.29. The van der Waals surface area contributed by atoms with Crippen molar-refractivity contribution in [3.05, 3.63) is 53.9 Å². The lowest BCUT2D eigenvalue weighted by Crippen LogP contribution is -2.24. The molecule has 0 radical (unpaired) electrons. The highest BCUT2D eigenvalue weighted by Crippen LogP contribution is 2.15. The zero-order valence-electron chi connectivity index (χ0n) is 10.4. The number of nitrogens with one attached hydrogen (secondary N) is 2. The third-order valence-electron chi connectivity index (χ3n) is 2.65. The molecule has 1 heterocycles. The van der Waals surface area contributed by atoms with Crippen LogP contribution in [-0.4, -0.2) is 25.6 Å². The second-order valence-corrected chi connectivity index (χ2v) is 6.13. The van der Waals surface area contributed by atoms with Gasteiger partial charge in [0.1, 0.15) is 5.69 Å². The minimum atomic E-state index is -3.29. The van der Waals surface area contributed by atoms with Crippen molar-refractivity contribution in [1.29, 1.82) is 0 Å². The molecule has 2 aromatic rings. The molecular formula is C13H14N2O3S. The summed E-state index contributed by atoms with van der Waals surface area (Å²) in [4.78, 5) is 14.8. The molecule has 0 bridgehead atoms. The summed E-state index contributed by atoms with van der Waals surface area (Å²) in [5, 5.41) is 2.68. The predicted octanol–water partition coefficient (Wildman–Crippen LogP) is 1.35. The molecule has 0 spiro atoms. The van der Waals surface area contributed by atoms with Gasteiger partial charge in [-0.1, -0.05) is 18.2 Å². The standard InChI is InChI=1S/C13H14N2O3S/c1-19(17,18)12-7-3-2-5-10(12)9-15-13(16)11-6-4-8-14-11/h2-8,14H,9H2,1H3,(H,15,16). The Hall–Kier alpha value is -2.08. The Morgan fingerprint density at radius 2 is 1.95 bits per heavy atom. The minimum Gasteiger partial charge on any atom is -0.357 e. The molecule has 0 aliphatic carbocycles. The van der Waals surface area contributed by atoms with Gasteiger partial charge in [-0.05, 0) is 23.8 Å². The number of H-pyrrole nitrogens is 1. The van der Waals surface area contributed by atoms with Gasteiger partial charge in [0.25, 0.3) is 5.91 Å². The lowest BCUT2D eigenvalue weighted by Gasteiger charge is -2.08. The lowest BCUT2D eigenvalue weighted by molar-refractivity contribution is 0.0946. The second kappa shape index (κ2) is 5.27. The number of hydrogen-bond acceptors (Lipinski definition) is 3. The van der Waals surface area contributed by atoms with Gasteiger partial charge in [-0.15, -0.1) is 0 Å². The van der Waals surface area contributed by atoms with Crippen LogP contribution in [0.4, 0.5) is 0 Å². The van der Waals surface area contributed by atoms with Crippen molar-refractivity contribution >= 4 is 15.7 Å². The van der Waals surface area contributed by atoms with E-state index < -0.39 is 9.84 Å². The summed E-state index contributed by atoms with van der Waals surface area (Å²) in [5.41, 5.74) is 1.02. The molecule has 0 unspecified atom stereocenters. The Bertz CT molecular complexity index is 676. The SMILES string of the molecule is CS(=O)(=O)c1ccccc1CNC(=O)c1ccc[nH]1. The summed E-state index contributed by atoms with van der Waals surface area (Å²) < 4.78 is 23.2. The topological polar surface area (TPSA) is 79.0 Å². The minimum absolute atomic E-state index is 0.168. The molecule has 0 fully saturated rings. The molecule has 2 rings (SSSR count). The van der Waals surface area contributed by atoms with Crippen LogP contribution >= 0.6 is 0 Å². The number of sulfone groups is 1. The average molecular weight is 278 g/mol. The molecule has 0 aliphatic rings. The quantitative estimate of drug-likeness (QED) is 0.886. The van der Waals surface area contributed by atoms with Crippen LogP contribution in [0.2, 0.25) is 0 Å². The third kappa shape index (κ3) is 3.23. The maximum Gasteiger partial charge on any atom is 0.267 e. The Morgan fingerprint density at radius 1 is 1.21 bits per heavy atom. The highest BCUT2D eigenvalue weighted by atomic mass is 32.2. The highest BCUT2D eigenvalue weighted by molar-refractivity contribution is 7.90. The zero-order valence-corrected chi connectivity index (χ0v) is 11.2. The van der Waals surface area contributed by atoms with E-state index in [0.29, 0.717) is 11.3 Å². The lowest BCUT2D eigenvalue weighted by atomic mass is 10.2. The number of carbonyl (C=O) groups excluding carboxylic acids is 1. The third-order valence-corrected chi connectivity index (χ3v) is 3.85. The maximum absolute atomic E-state index is 11.7. The Labute approximate surface area is 111 Å². The van der Waals surface area contributed by atoms with Crippen LogP contribution in [0.1, 0.15) is 16.1 Å². The molecule has 0 saturated heterocycles. The molecule has 0 saturated carbocycles. The molecule has 1 amide bonds. The number of amides is 1. The van der Waals surface area contributed by atoms with Gasteiger partial charge in [0.15, 0.2) is 9.84 Å². The molecule has 1 aromatic heterocycles. The number of rotatable bonds is 4. The van der Waals surface area contributed by atoms with Gasteiger partial charge in [0.05, 0.1) is 4.90 Å². The first-order valence-corrected chi connectivity index (χ1v) is 7.57. The van der Waals surface area contributed by atoms with E-state index in [9.17, 15) is 13.2 Å². The van der Waals surface area contributed by atoms with Crippen LogP contribution in [0.25, 0.3) is 0 Å². The molecule has 6 heteroatoms. The van der Waals surface area contributed by atoms with Crippen LogP contribution in [0.3, 0.4) is 0 Å². The van der Waals surface area contributed by atoms with Crippen LogP contribution in [-0.2, 0) is 16.4 Å². The zero-order chi connectivity index (χ0) is 13.9. The number of benzene rings is 1. The van der Waals surface area contributed by atoms with Crippen molar-refractivity contribution in [3.8, 4) is 0 Å². The van der Waals surface area contributed by atoms with E-state index in [1.165, 1.54) is 6.07 Å². The summed E-state index contributed by atoms with van der Waals surface area (Å²) >= 11 is 0. The first-order valence-electron chi connectivity index (χ1n) is 5.68. The van der Waals surface area contributed by atoms with E-state index >= 15 is 0 Å². The normalized spacial score (nSPS) is 11.2. The Morgan fingerprint density at radius 3 is 2.58 bits per heavy atom. The molecular weight excluding hydrogens is 264 g/mol. The van der Waals surface area contributed by atoms with Gasteiger partial charge in [-0.3, -0.25) is 4.79 Å². The first kappa shape index (κ1) is 13.4. The highest BCUT2D eigenvalue weighted by Gasteiger charge is 2.13. The van der Waals surface area contributed by atoms with E-state index in [4.69, 9.17) is 0 Å². The van der Waals surface area contributed by atoms with E-state index in [1.54, 1.807) is 36.5 Å². The smallest absolute Gasteiger partial charge is 0.267 e. The fourth-order valence-electron chi connectivity index (χ4n) is 1.75.